The van der Waals surface area contributed by atoms with Gasteiger partial charge in [-0.1, -0.05) is 25.3 Å². The highest BCUT2D eigenvalue weighted by molar-refractivity contribution is 5.87. The summed E-state index contributed by atoms with van der Waals surface area (Å²) in [5, 5.41) is 3.72. The zero-order valence-corrected chi connectivity index (χ0v) is 13.7. The molecule has 1 atom stereocenters. The van der Waals surface area contributed by atoms with E-state index in [2.05, 4.69) is 10.2 Å². The number of likely N-dealkylation sites (tertiary alicyclic amines) is 1. The molecule has 1 unspecified atom stereocenters. The van der Waals surface area contributed by atoms with E-state index in [1.54, 1.807) is 6.08 Å². The zero-order valence-electron chi connectivity index (χ0n) is 13.7. The summed E-state index contributed by atoms with van der Waals surface area (Å²) in [4.78, 5) is 16.1. The molecule has 1 heterocycles. The van der Waals surface area contributed by atoms with Crippen molar-refractivity contribution in [2.45, 2.75) is 44.6 Å². The molecule has 0 aromatic carbocycles. The largest absolute Gasteiger partial charge is 0.339 e. The van der Waals surface area contributed by atoms with E-state index in [1.807, 2.05) is 25.1 Å². The van der Waals surface area contributed by atoms with Crippen molar-refractivity contribution in [2.24, 2.45) is 5.92 Å². The molecule has 0 aromatic rings. The van der Waals surface area contributed by atoms with Gasteiger partial charge in [-0.25, -0.2) is 0 Å². The minimum Gasteiger partial charge on any atom is -0.339 e. The zero-order chi connectivity index (χ0) is 15.1. The van der Waals surface area contributed by atoms with Crippen molar-refractivity contribution in [3.05, 3.63) is 12.2 Å². The highest BCUT2D eigenvalue weighted by Crippen LogP contribution is 2.20. The van der Waals surface area contributed by atoms with Gasteiger partial charge in [0.05, 0.1) is 0 Å². The third-order valence-corrected chi connectivity index (χ3v) is 4.63. The second kappa shape index (κ2) is 8.54. The number of nitrogens with zero attached hydrogens (tertiary/aromatic N) is 2. The summed E-state index contributed by atoms with van der Waals surface area (Å²) < 4.78 is 0. The van der Waals surface area contributed by atoms with Gasteiger partial charge in [0, 0.05) is 31.8 Å². The van der Waals surface area contributed by atoms with Crippen LogP contribution in [0.15, 0.2) is 12.2 Å². The number of rotatable bonds is 6. The fourth-order valence-electron chi connectivity index (χ4n) is 3.31. The van der Waals surface area contributed by atoms with Crippen LogP contribution < -0.4 is 5.32 Å². The lowest BCUT2D eigenvalue weighted by Gasteiger charge is -2.24. The van der Waals surface area contributed by atoms with Crippen LogP contribution in [-0.2, 0) is 4.79 Å². The first-order valence-corrected chi connectivity index (χ1v) is 8.48. The fraction of sp³-hybridized carbons (Fsp3) is 0.824. The SMILES string of the molecule is CN(C)C/C=C/C(=O)N1CCC(CNC2CCCCC2)C1. The molecule has 2 fully saturated rings. The molecule has 1 saturated carbocycles. The number of carbonyl (C=O) groups is 1. The summed E-state index contributed by atoms with van der Waals surface area (Å²) >= 11 is 0. The molecule has 1 aliphatic carbocycles. The highest BCUT2D eigenvalue weighted by Gasteiger charge is 2.25. The van der Waals surface area contributed by atoms with E-state index in [1.165, 1.54) is 32.1 Å². The van der Waals surface area contributed by atoms with Crippen molar-refractivity contribution in [1.82, 2.24) is 15.1 Å². The van der Waals surface area contributed by atoms with Gasteiger partial charge in [-0.2, -0.15) is 0 Å². The molecule has 4 heteroatoms. The number of nitrogens with one attached hydrogen (secondary N) is 1. The van der Waals surface area contributed by atoms with Gasteiger partial charge >= 0.3 is 0 Å². The standard InChI is InChI=1S/C17H31N3O/c1-19(2)11-6-9-17(21)20-12-10-15(14-20)13-18-16-7-4-3-5-8-16/h6,9,15-16,18H,3-5,7-8,10-14H2,1-2H3/b9-6+. The van der Waals surface area contributed by atoms with Gasteiger partial charge < -0.3 is 15.1 Å². The summed E-state index contributed by atoms with van der Waals surface area (Å²) in [5.74, 6) is 0.815. The maximum absolute atomic E-state index is 12.1. The molecule has 0 bridgehead atoms. The molecular weight excluding hydrogens is 262 g/mol. The van der Waals surface area contributed by atoms with E-state index < -0.39 is 0 Å². The van der Waals surface area contributed by atoms with Crippen LogP contribution in [0.4, 0.5) is 0 Å². The van der Waals surface area contributed by atoms with Gasteiger partial charge in [-0.15, -0.1) is 0 Å². The van der Waals surface area contributed by atoms with Crippen LogP contribution in [0.25, 0.3) is 0 Å². The summed E-state index contributed by atoms with van der Waals surface area (Å²) in [5.41, 5.74) is 0. The van der Waals surface area contributed by atoms with Crippen LogP contribution in [0.2, 0.25) is 0 Å². The number of carbonyl (C=O) groups excluding carboxylic acids is 1. The van der Waals surface area contributed by atoms with Gasteiger partial charge in [-0.05, 0) is 45.8 Å². The molecule has 2 rings (SSSR count). The molecule has 21 heavy (non-hydrogen) atoms. The van der Waals surface area contributed by atoms with E-state index in [0.717, 1.165) is 38.6 Å². The Kier molecular flexibility index (Phi) is 6.71. The summed E-state index contributed by atoms with van der Waals surface area (Å²) in [7, 11) is 4.02. The maximum Gasteiger partial charge on any atom is 0.246 e. The van der Waals surface area contributed by atoms with Gasteiger partial charge in [0.1, 0.15) is 0 Å². The molecule has 0 radical (unpaired) electrons. The topological polar surface area (TPSA) is 35.6 Å². The van der Waals surface area contributed by atoms with Crippen LogP contribution in [0.3, 0.4) is 0 Å². The predicted octanol–water partition coefficient (Wildman–Crippen LogP) is 1.87. The minimum atomic E-state index is 0.178. The van der Waals surface area contributed by atoms with E-state index in [9.17, 15) is 4.79 Å². The Balaban J connectivity index is 1.65. The van der Waals surface area contributed by atoms with E-state index in [-0.39, 0.29) is 5.91 Å². The Morgan fingerprint density at radius 1 is 1.24 bits per heavy atom. The van der Waals surface area contributed by atoms with Gasteiger partial charge in [0.2, 0.25) is 5.91 Å². The Labute approximate surface area is 129 Å². The first kappa shape index (κ1) is 16.5. The summed E-state index contributed by atoms with van der Waals surface area (Å²) in [6, 6.07) is 0.725. The van der Waals surface area contributed by atoms with Crippen molar-refractivity contribution in [2.75, 3.05) is 40.3 Å². The Morgan fingerprint density at radius 3 is 2.71 bits per heavy atom. The van der Waals surface area contributed by atoms with Crippen LogP contribution in [0, 0.1) is 5.92 Å². The van der Waals surface area contributed by atoms with Crippen molar-refractivity contribution in [1.29, 1.82) is 0 Å². The molecule has 0 spiro atoms. The lowest BCUT2D eigenvalue weighted by molar-refractivity contribution is -0.125. The molecular formula is C17H31N3O. The molecule has 1 aliphatic heterocycles. The summed E-state index contributed by atoms with van der Waals surface area (Å²) in [6.07, 6.45) is 11.7. The quantitative estimate of drug-likeness (QED) is 0.760. The van der Waals surface area contributed by atoms with Crippen molar-refractivity contribution in [3.63, 3.8) is 0 Å². The lowest BCUT2D eigenvalue weighted by Crippen LogP contribution is -2.36. The number of amides is 1. The number of likely N-dealkylation sites (N-methyl/N-ethyl adjacent to an activating group) is 1. The van der Waals surface area contributed by atoms with E-state index >= 15 is 0 Å². The van der Waals surface area contributed by atoms with Crippen LogP contribution >= 0.6 is 0 Å². The third-order valence-electron chi connectivity index (χ3n) is 4.63. The molecule has 2 aliphatic rings. The van der Waals surface area contributed by atoms with Crippen molar-refractivity contribution < 1.29 is 4.79 Å². The molecule has 1 N–H and O–H groups in total. The average molecular weight is 293 g/mol. The van der Waals surface area contributed by atoms with Crippen LogP contribution in [0.1, 0.15) is 38.5 Å². The second-order valence-electron chi connectivity index (χ2n) is 6.85. The molecule has 0 aromatic heterocycles. The molecule has 1 amide bonds. The Bertz CT molecular complexity index is 348. The first-order valence-electron chi connectivity index (χ1n) is 8.48. The number of hydrogen-bond donors (Lipinski definition) is 1. The first-order chi connectivity index (χ1) is 10.1. The van der Waals surface area contributed by atoms with Gasteiger partial charge in [0.25, 0.3) is 0 Å². The minimum absolute atomic E-state index is 0.178. The van der Waals surface area contributed by atoms with Crippen LogP contribution in [-0.4, -0.2) is 62.0 Å². The monoisotopic (exact) mass is 293 g/mol. The van der Waals surface area contributed by atoms with E-state index in [0.29, 0.717) is 5.92 Å². The second-order valence-corrected chi connectivity index (χ2v) is 6.85. The van der Waals surface area contributed by atoms with Crippen molar-refractivity contribution in [3.8, 4) is 0 Å². The predicted molar refractivity (Wildman–Crippen MR) is 87.3 cm³/mol. The Morgan fingerprint density at radius 2 is 2.00 bits per heavy atom. The lowest BCUT2D eigenvalue weighted by atomic mass is 9.95. The van der Waals surface area contributed by atoms with Gasteiger partial charge in [0.15, 0.2) is 0 Å². The third kappa shape index (κ3) is 5.79. The Hall–Kier alpha value is -0.870. The van der Waals surface area contributed by atoms with Crippen LogP contribution in [0.5, 0.6) is 0 Å². The average Bonchev–Trinajstić information content (AvgIpc) is 2.95. The fourth-order valence-corrected chi connectivity index (χ4v) is 3.31. The molecule has 4 nitrogen and oxygen atoms in total. The van der Waals surface area contributed by atoms with Gasteiger partial charge in [-0.3, -0.25) is 4.79 Å². The van der Waals surface area contributed by atoms with E-state index in [4.69, 9.17) is 0 Å². The summed E-state index contributed by atoms with van der Waals surface area (Å²) in [6.45, 7) is 3.75. The smallest absolute Gasteiger partial charge is 0.246 e. The normalized spacial score (nSPS) is 24.3. The number of hydrogen-bond acceptors (Lipinski definition) is 3. The molecule has 120 valence electrons. The highest BCUT2D eigenvalue weighted by atomic mass is 16.2. The maximum atomic E-state index is 12.1. The molecule has 1 saturated heterocycles. The van der Waals surface area contributed by atoms with Crippen molar-refractivity contribution >= 4 is 5.91 Å².